The minimum atomic E-state index is -1.29. The highest BCUT2D eigenvalue weighted by Gasteiger charge is 2.07. The number of nitrogens with zero attached hydrogens (tertiary/aromatic N) is 1. The third-order valence-electron chi connectivity index (χ3n) is 1.60. The van der Waals surface area contributed by atoms with E-state index >= 15 is 0 Å². The average Bonchev–Trinajstić information content (AvgIpc) is 2.14. The molecule has 0 amide bonds. The van der Waals surface area contributed by atoms with E-state index < -0.39 is 8.07 Å². The summed E-state index contributed by atoms with van der Waals surface area (Å²) in [4.78, 5) is 0. The first-order valence-corrected chi connectivity index (χ1v) is 8.04. The molecule has 0 aliphatic carbocycles. The van der Waals surface area contributed by atoms with Crippen LogP contribution >= 0.6 is 0 Å². The van der Waals surface area contributed by atoms with Crippen molar-refractivity contribution in [2.45, 2.75) is 19.6 Å². The highest BCUT2D eigenvalue weighted by Crippen LogP contribution is 2.03. The van der Waals surface area contributed by atoms with Crippen molar-refractivity contribution in [3.05, 3.63) is 35.4 Å². The lowest BCUT2D eigenvalue weighted by molar-refractivity contribution is 1.48. The van der Waals surface area contributed by atoms with Crippen molar-refractivity contribution < 1.29 is 0 Å². The Hall–Kier alpha value is -1.51. The molecule has 1 nitrogen and oxygen atoms in total. The summed E-state index contributed by atoms with van der Waals surface area (Å²) in [6.45, 7) is 6.64. The van der Waals surface area contributed by atoms with E-state index in [0.717, 1.165) is 5.56 Å². The van der Waals surface area contributed by atoms with Crippen LogP contribution in [0, 0.1) is 22.8 Å². The molecule has 0 heterocycles. The van der Waals surface area contributed by atoms with E-state index in [1.807, 2.05) is 12.1 Å². The van der Waals surface area contributed by atoms with Gasteiger partial charge in [-0.25, -0.2) is 0 Å². The maximum absolute atomic E-state index is 8.61. The molecule has 0 aliphatic rings. The van der Waals surface area contributed by atoms with Gasteiger partial charge >= 0.3 is 0 Å². The Balaban J connectivity index is 2.89. The first-order chi connectivity index (χ1) is 6.51. The normalized spacial score (nSPS) is 9.86. The minimum absolute atomic E-state index is 0.684. The van der Waals surface area contributed by atoms with E-state index in [9.17, 15) is 0 Å². The summed E-state index contributed by atoms with van der Waals surface area (Å²) >= 11 is 0. The average molecular weight is 199 g/mol. The molecule has 0 spiro atoms. The fourth-order valence-electron chi connectivity index (χ4n) is 0.888. The molecule has 0 aliphatic heterocycles. The molecule has 70 valence electrons. The largest absolute Gasteiger partial charge is 0.192 e. The number of benzene rings is 1. The predicted molar refractivity (Wildman–Crippen MR) is 61.4 cm³/mol. The first-order valence-electron chi connectivity index (χ1n) is 4.54. The lowest BCUT2D eigenvalue weighted by Crippen LogP contribution is -2.16. The second-order valence-electron chi connectivity index (χ2n) is 4.19. The Morgan fingerprint density at radius 2 is 1.50 bits per heavy atom. The molecule has 0 unspecified atom stereocenters. The SMILES string of the molecule is C[Si](C)(C)C#Cc1ccc(C#N)cc1. The highest BCUT2D eigenvalue weighted by molar-refractivity contribution is 6.83. The summed E-state index contributed by atoms with van der Waals surface area (Å²) in [6.07, 6.45) is 0. The fourth-order valence-corrected chi connectivity index (χ4v) is 1.41. The number of hydrogen-bond acceptors (Lipinski definition) is 1. The van der Waals surface area contributed by atoms with Crippen LogP contribution in [0.5, 0.6) is 0 Å². The molecule has 14 heavy (non-hydrogen) atoms. The molecule has 1 aromatic rings. The van der Waals surface area contributed by atoms with Crippen LogP contribution in [-0.4, -0.2) is 8.07 Å². The summed E-state index contributed by atoms with van der Waals surface area (Å²) in [7, 11) is -1.29. The third-order valence-corrected chi connectivity index (χ3v) is 2.47. The molecule has 0 aromatic heterocycles. The van der Waals surface area contributed by atoms with Gasteiger partial charge in [-0.15, -0.1) is 5.54 Å². The summed E-state index contributed by atoms with van der Waals surface area (Å²) in [6, 6.07) is 9.48. The second-order valence-corrected chi connectivity index (χ2v) is 8.94. The van der Waals surface area contributed by atoms with Crippen molar-refractivity contribution in [1.29, 1.82) is 5.26 Å². The van der Waals surface area contributed by atoms with Gasteiger partial charge in [-0.05, 0) is 24.3 Å². The Labute approximate surface area is 86.4 Å². The predicted octanol–water partition coefficient (Wildman–Crippen LogP) is 2.79. The zero-order chi connectivity index (χ0) is 10.6. The molecule has 0 N–H and O–H groups in total. The minimum Gasteiger partial charge on any atom is -0.192 e. The maximum Gasteiger partial charge on any atom is 0.129 e. The molecule has 0 atom stereocenters. The van der Waals surface area contributed by atoms with E-state index in [-0.39, 0.29) is 0 Å². The zero-order valence-corrected chi connectivity index (χ0v) is 9.76. The van der Waals surface area contributed by atoms with Crippen LogP contribution in [0.2, 0.25) is 19.6 Å². The molecule has 0 saturated carbocycles. The molecule has 2 heteroatoms. The molecule has 0 radical (unpaired) electrons. The van der Waals surface area contributed by atoms with Gasteiger partial charge in [0.25, 0.3) is 0 Å². The zero-order valence-electron chi connectivity index (χ0n) is 8.76. The highest BCUT2D eigenvalue weighted by atomic mass is 28.3. The van der Waals surface area contributed by atoms with Gasteiger partial charge in [0.05, 0.1) is 11.6 Å². The second kappa shape index (κ2) is 4.13. The number of hydrogen-bond donors (Lipinski definition) is 0. The Morgan fingerprint density at radius 1 is 1.00 bits per heavy atom. The van der Waals surface area contributed by atoms with E-state index in [0.29, 0.717) is 5.56 Å². The van der Waals surface area contributed by atoms with Gasteiger partial charge < -0.3 is 0 Å². The van der Waals surface area contributed by atoms with Crippen molar-refractivity contribution in [1.82, 2.24) is 0 Å². The standard InChI is InChI=1S/C12H13NSi/c1-14(2,3)9-8-11-4-6-12(10-13)7-5-11/h4-7H,1-3H3. The number of nitriles is 1. The first kappa shape index (κ1) is 10.6. The van der Waals surface area contributed by atoms with Gasteiger partial charge in [-0.1, -0.05) is 25.6 Å². The summed E-state index contributed by atoms with van der Waals surface area (Å²) in [5.41, 5.74) is 4.96. The van der Waals surface area contributed by atoms with Gasteiger partial charge in [0.2, 0.25) is 0 Å². The van der Waals surface area contributed by atoms with Crippen molar-refractivity contribution in [2.24, 2.45) is 0 Å². The van der Waals surface area contributed by atoms with Crippen molar-refractivity contribution in [3.63, 3.8) is 0 Å². The smallest absolute Gasteiger partial charge is 0.129 e. The van der Waals surface area contributed by atoms with Gasteiger partial charge in [-0.2, -0.15) is 5.26 Å². The van der Waals surface area contributed by atoms with Crippen LogP contribution in [0.4, 0.5) is 0 Å². The van der Waals surface area contributed by atoms with Crippen molar-refractivity contribution >= 4 is 8.07 Å². The third kappa shape index (κ3) is 3.47. The van der Waals surface area contributed by atoms with Crippen LogP contribution < -0.4 is 0 Å². The van der Waals surface area contributed by atoms with Crippen molar-refractivity contribution in [3.8, 4) is 17.5 Å². The van der Waals surface area contributed by atoms with E-state index in [1.165, 1.54) is 0 Å². The van der Waals surface area contributed by atoms with Crippen molar-refractivity contribution in [2.75, 3.05) is 0 Å². The van der Waals surface area contributed by atoms with Gasteiger partial charge in [-0.3, -0.25) is 0 Å². The Morgan fingerprint density at radius 3 is 1.93 bits per heavy atom. The van der Waals surface area contributed by atoms with Gasteiger partial charge in [0.1, 0.15) is 8.07 Å². The summed E-state index contributed by atoms with van der Waals surface area (Å²) in [5, 5.41) is 8.61. The van der Waals surface area contributed by atoms with E-state index in [1.54, 1.807) is 12.1 Å². The quantitative estimate of drug-likeness (QED) is 0.465. The van der Waals surface area contributed by atoms with Gasteiger partial charge in [0.15, 0.2) is 0 Å². The molecular formula is C12H13NSi. The van der Waals surface area contributed by atoms with E-state index in [2.05, 4.69) is 37.2 Å². The molecule has 0 fully saturated rings. The lowest BCUT2D eigenvalue weighted by atomic mass is 10.2. The van der Waals surface area contributed by atoms with Gasteiger partial charge in [0, 0.05) is 5.56 Å². The summed E-state index contributed by atoms with van der Waals surface area (Å²) in [5.74, 6) is 3.14. The van der Waals surface area contributed by atoms with E-state index in [4.69, 9.17) is 5.26 Å². The molecular weight excluding hydrogens is 186 g/mol. The fraction of sp³-hybridized carbons (Fsp3) is 0.250. The maximum atomic E-state index is 8.61. The Kier molecular flexibility index (Phi) is 3.12. The lowest BCUT2D eigenvalue weighted by Gasteiger charge is -2.03. The Bertz CT molecular complexity index is 407. The molecule has 1 aromatic carbocycles. The van der Waals surface area contributed by atoms with Crippen LogP contribution in [0.1, 0.15) is 11.1 Å². The van der Waals surface area contributed by atoms with Crippen LogP contribution in [-0.2, 0) is 0 Å². The number of rotatable bonds is 0. The van der Waals surface area contributed by atoms with Crippen LogP contribution in [0.25, 0.3) is 0 Å². The topological polar surface area (TPSA) is 23.8 Å². The molecule has 0 saturated heterocycles. The summed E-state index contributed by atoms with van der Waals surface area (Å²) < 4.78 is 0. The van der Waals surface area contributed by atoms with Crippen LogP contribution in [0.15, 0.2) is 24.3 Å². The molecule has 1 rings (SSSR count). The van der Waals surface area contributed by atoms with Crippen LogP contribution in [0.3, 0.4) is 0 Å². The molecule has 0 bridgehead atoms. The monoisotopic (exact) mass is 199 g/mol.